The molecule has 0 saturated heterocycles. The van der Waals surface area contributed by atoms with E-state index in [0.717, 1.165) is 29.7 Å². The number of phenols is 1. The van der Waals surface area contributed by atoms with Gasteiger partial charge >= 0.3 is 0 Å². The zero-order chi connectivity index (χ0) is 19.1. The Balaban J connectivity index is 2.15. The highest BCUT2D eigenvalue weighted by molar-refractivity contribution is 7.92. The van der Waals surface area contributed by atoms with E-state index in [0.29, 0.717) is 0 Å². The Hall–Kier alpha value is -2.47. The maximum Gasteiger partial charge on any atom is 0.264 e. The van der Waals surface area contributed by atoms with Gasteiger partial charge in [0.15, 0.2) is 0 Å². The molecule has 138 valence electrons. The number of hydrogen-bond acceptors (Lipinski definition) is 4. The summed E-state index contributed by atoms with van der Waals surface area (Å²) in [5.41, 5.74) is 3.03. The predicted octanol–water partition coefficient (Wildman–Crippen LogP) is 3.85. The molecule has 6 heteroatoms. The van der Waals surface area contributed by atoms with Gasteiger partial charge in [-0.25, -0.2) is 8.42 Å². The highest BCUT2D eigenvalue weighted by atomic mass is 32.2. The Labute approximate surface area is 154 Å². The molecule has 1 aliphatic rings. The highest BCUT2D eigenvalue weighted by Crippen LogP contribution is 2.37. The number of nitrogens with zero attached hydrogens (tertiary/aromatic N) is 1. The van der Waals surface area contributed by atoms with Crippen LogP contribution in [0.4, 0.5) is 5.69 Å². The van der Waals surface area contributed by atoms with Gasteiger partial charge in [-0.2, -0.15) is 0 Å². The van der Waals surface area contributed by atoms with E-state index >= 15 is 0 Å². The van der Waals surface area contributed by atoms with Crippen LogP contribution < -0.4 is 4.31 Å². The minimum Gasteiger partial charge on any atom is -0.507 e. The number of sulfonamides is 1. The van der Waals surface area contributed by atoms with Crippen LogP contribution in [0.15, 0.2) is 47.9 Å². The summed E-state index contributed by atoms with van der Waals surface area (Å²) in [7, 11) is -2.37. The van der Waals surface area contributed by atoms with Crippen molar-refractivity contribution in [1.29, 1.82) is 0 Å². The van der Waals surface area contributed by atoms with Gasteiger partial charge in [-0.1, -0.05) is 18.7 Å². The van der Waals surface area contributed by atoms with Gasteiger partial charge in [-0.15, -0.1) is 0 Å². The molecule has 26 heavy (non-hydrogen) atoms. The molecule has 1 N–H and O–H groups in total. The van der Waals surface area contributed by atoms with Gasteiger partial charge in [-0.3, -0.25) is 4.31 Å². The van der Waals surface area contributed by atoms with E-state index in [2.05, 4.69) is 6.58 Å². The normalized spacial score (nSPS) is 16.9. The number of rotatable bonds is 4. The lowest BCUT2D eigenvalue weighted by Gasteiger charge is -2.36. The van der Waals surface area contributed by atoms with Crippen LogP contribution in [-0.2, 0) is 21.2 Å². The minimum absolute atomic E-state index is 0.0706. The summed E-state index contributed by atoms with van der Waals surface area (Å²) in [6, 6.07) is 9.93. The summed E-state index contributed by atoms with van der Waals surface area (Å²) in [6.45, 7) is 7.58. The molecule has 2 aromatic rings. The molecule has 0 saturated carbocycles. The van der Waals surface area contributed by atoms with Crippen LogP contribution in [0.1, 0.15) is 30.0 Å². The second-order valence-corrected chi connectivity index (χ2v) is 8.44. The molecule has 5 nitrogen and oxygen atoms in total. The van der Waals surface area contributed by atoms with Crippen LogP contribution in [0.25, 0.3) is 5.76 Å². The maximum atomic E-state index is 13.4. The van der Waals surface area contributed by atoms with Gasteiger partial charge in [0.1, 0.15) is 11.5 Å². The van der Waals surface area contributed by atoms with Gasteiger partial charge < -0.3 is 9.84 Å². The van der Waals surface area contributed by atoms with Crippen LogP contribution in [0.5, 0.6) is 5.75 Å². The Bertz CT molecular complexity index is 966. The molecule has 0 aromatic heterocycles. The quantitative estimate of drug-likeness (QED) is 0.827. The van der Waals surface area contributed by atoms with Crippen LogP contribution in [0.3, 0.4) is 0 Å². The second-order valence-electron chi connectivity index (χ2n) is 6.63. The van der Waals surface area contributed by atoms with Crippen LogP contribution >= 0.6 is 0 Å². The smallest absolute Gasteiger partial charge is 0.264 e. The molecule has 1 heterocycles. The molecule has 0 aliphatic carbocycles. The van der Waals surface area contributed by atoms with Crippen molar-refractivity contribution in [2.24, 2.45) is 0 Å². The first-order valence-electron chi connectivity index (χ1n) is 8.46. The van der Waals surface area contributed by atoms with E-state index < -0.39 is 10.0 Å². The molecule has 0 amide bonds. The van der Waals surface area contributed by atoms with Crippen LogP contribution in [-0.4, -0.2) is 26.7 Å². The van der Waals surface area contributed by atoms with E-state index in [1.54, 1.807) is 0 Å². The predicted molar refractivity (Wildman–Crippen MR) is 103 cm³/mol. The number of fused-ring (bicyclic) bond motifs is 1. The summed E-state index contributed by atoms with van der Waals surface area (Å²) in [5.74, 6) is 0.140. The molecule has 3 rings (SSSR count). The standard InChI is InChI=1S/C20H23NO4S/c1-13-5-7-16-8-6-14(2)21(19(16)11-13)26(23,24)17-9-10-20(22)18(12-17)15(3)25-4/h5,7,9-12,14,22H,3,6,8H2,1-2,4H3/t14-/m0/s1. The van der Waals surface area contributed by atoms with E-state index in [4.69, 9.17) is 4.74 Å². The zero-order valence-corrected chi connectivity index (χ0v) is 16.0. The number of anilines is 1. The number of phenolic OH excluding ortho intramolecular Hbond substituents is 1. The lowest BCUT2D eigenvalue weighted by Crippen LogP contribution is -2.42. The third-order valence-electron chi connectivity index (χ3n) is 4.78. The zero-order valence-electron chi connectivity index (χ0n) is 15.2. The van der Waals surface area contributed by atoms with Gasteiger partial charge in [0.2, 0.25) is 0 Å². The molecular weight excluding hydrogens is 350 g/mol. The number of ether oxygens (including phenoxy) is 1. The van der Waals surface area contributed by atoms with Crippen molar-refractivity contribution >= 4 is 21.5 Å². The fourth-order valence-corrected chi connectivity index (χ4v) is 5.04. The summed E-state index contributed by atoms with van der Waals surface area (Å²) < 4.78 is 33.4. The number of hydrogen-bond donors (Lipinski definition) is 1. The average molecular weight is 373 g/mol. The number of benzene rings is 2. The van der Waals surface area contributed by atoms with Crippen molar-refractivity contribution in [1.82, 2.24) is 0 Å². The molecule has 0 radical (unpaired) electrons. The van der Waals surface area contributed by atoms with E-state index in [-0.39, 0.29) is 28.0 Å². The maximum absolute atomic E-state index is 13.4. The van der Waals surface area contributed by atoms with E-state index in [1.165, 1.54) is 29.6 Å². The topological polar surface area (TPSA) is 66.8 Å². The second kappa shape index (κ2) is 6.68. The van der Waals surface area contributed by atoms with Crippen molar-refractivity contribution in [3.8, 4) is 5.75 Å². The van der Waals surface area contributed by atoms with Crippen molar-refractivity contribution < 1.29 is 18.3 Å². The lowest BCUT2D eigenvalue weighted by molar-refractivity contribution is 0.367. The first-order chi connectivity index (χ1) is 12.3. The minimum atomic E-state index is -3.80. The number of aryl methyl sites for hydroxylation is 2. The average Bonchev–Trinajstić information content (AvgIpc) is 2.60. The molecule has 0 fully saturated rings. The number of aromatic hydroxyl groups is 1. The molecule has 2 aromatic carbocycles. The van der Waals surface area contributed by atoms with Gasteiger partial charge in [0.05, 0.1) is 23.3 Å². The van der Waals surface area contributed by atoms with Crippen LogP contribution in [0.2, 0.25) is 0 Å². The third kappa shape index (κ3) is 3.05. The molecule has 0 bridgehead atoms. The van der Waals surface area contributed by atoms with Crippen molar-refractivity contribution in [2.75, 3.05) is 11.4 Å². The Kier molecular flexibility index (Phi) is 4.71. The Morgan fingerprint density at radius 2 is 2.00 bits per heavy atom. The van der Waals surface area contributed by atoms with E-state index in [1.807, 2.05) is 32.0 Å². The van der Waals surface area contributed by atoms with Crippen molar-refractivity contribution in [3.05, 3.63) is 59.7 Å². The first-order valence-corrected chi connectivity index (χ1v) is 9.90. The van der Waals surface area contributed by atoms with Gasteiger partial charge in [0, 0.05) is 6.04 Å². The summed E-state index contributed by atoms with van der Waals surface area (Å²) in [6.07, 6.45) is 1.61. The Morgan fingerprint density at radius 3 is 2.69 bits per heavy atom. The van der Waals surface area contributed by atoms with Crippen molar-refractivity contribution in [3.63, 3.8) is 0 Å². The van der Waals surface area contributed by atoms with Crippen LogP contribution in [0, 0.1) is 6.92 Å². The first kappa shape index (κ1) is 18.3. The van der Waals surface area contributed by atoms with Gasteiger partial charge in [-0.05, 0) is 62.1 Å². The van der Waals surface area contributed by atoms with Crippen molar-refractivity contribution in [2.45, 2.75) is 37.6 Å². The fourth-order valence-electron chi connectivity index (χ4n) is 3.30. The third-order valence-corrected chi connectivity index (χ3v) is 6.71. The highest BCUT2D eigenvalue weighted by Gasteiger charge is 2.34. The molecular formula is C20H23NO4S. The number of methoxy groups -OCH3 is 1. The van der Waals surface area contributed by atoms with Gasteiger partial charge in [0.25, 0.3) is 10.0 Å². The molecule has 1 aliphatic heterocycles. The lowest BCUT2D eigenvalue weighted by atomic mass is 9.98. The monoisotopic (exact) mass is 373 g/mol. The molecule has 1 atom stereocenters. The summed E-state index contributed by atoms with van der Waals surface area (Å²) in [4.78, 5) is 0.102. The van der Waals surface area contributed by atoms with E-state index in [9.17, 15) is 13.5 Å². The molecule has 0 unspecified atom stereocenters. The SMILES string of the molecule is C=C(OC)c1cc(S(=O)(=O)N2c3cc(C)ccc3CC[C@@H]2C)ccc1O. The molecule has 0 spiro atoms. The summed E-state index contributed by atoms with van der Waals surface area (Å²) >= 11 is 0. The summed E-state index contributed by atoms with van der Waals surface area (Å²) in [5, 5.41) is 10.0. The Morgan fingerprint density at radius 1 is 1.27 bits per heavy atom. The fraction of sp³-hybridized carbons (Fsp3) is 0.300. The largest absolute Gasteiger partial charge is 0.507 e.